The van der Waals surface area contributed by atoms with Gasteiger partial charge in [-0.15, -0.1) is 24.5 Å². The fourth-order valence-electron chi connectivity index (χ4n) is 5.24. The molecule has 0 aliphatic carbocycles. The minimum atomic E-state index is 0.309. The van der Waals surface area contributed by atoms with E-state index in [2.05, 4.69) is 149 Å². The van der Waals surface area contributed by atoms with Crippen molar-refractivity contribution in [3.63, 3.8) is 0 Å². The molecule has 3 N–H and O–H groups in total. The first-order valence-electron chi connectivity index (χ1n) is 18.1. The summed E-state index contributed by atoms with van der Waals surface area (Å²) in [4.78, 5) is 16.3. The lowest BCUT2D eigenvalue weighted by molar-refractivity contribution is 0.0712. The molecule has 0 radical (unpaired) electrons. The van der Waals surface area contributed by atoms with E-state index in [-0.39, 0.29) is 0 Å². The number of aromatic nitrogens is 1. The van der Waals surface area contributed by atoms with Crippen LogP contribution in [0.3, 0.4) is 0 Å². The number of aryl methyl sites for hydroxylation is 2. The molecule has 0 saturated carbocycles. The second-order valence-corrected chi connectivity index (χ2v) is 13.8. The van der Waals surface area contributed by atoms with Crippen LogP contribution in [-0.2, 0) is 6.54 Å². The van der Waals surface area contributed by atoms with Crippen molar-refractivity contribution in [1.29, 1.82) is 0 Å². The van der Waals surface area contributed by atoms with Crippen LogP contribution in [-0.4, -0.2) is 92.4 Å². The molecule has 0 amide bonds. The fourth-order valence-corrected chi connectivity index (χ4v) is 5.79. The Morgan fingerprint density at radius 2 is 1.70 bits per heavy atom. The Kier molecular flexibility index (Phi) is 32.5. The summed E-state index contributed by atoms with van der Waals surface area (Å²) < 4.78 is 0. The largest absolute Gasteiger partial charge is 0.380 e. The van der Waals surface area contributed by atoms with Gasteiger partial charge in [0.15, 0.2) is 0 Å². The number of rotatable bonds is 13. The third-order valence-corrected chi connectivity index (χ3v) is 8.26. The van der Waals surface area contributed by atoms with Crippen LogP contribution < -0.4 is 11.1 Å². The third-order valence-electron chi connectivity index (χ3n) is 7.48. The van der Waals surface area contributed by atoms with E-state index < -0.39 is 0 Å². The van der Waals surface area contributed by atoms with Gasteiger partial charge in [-0.3, -0.25) is 14.8 Å². The van der Waals surface area contributed by atoms with Gasteiger partial charge in [-0.25, -0.2) is 4.98 Å². The summed E-state index contributed by atoms with van der Waals surface area (Å²) in [5.74, 6) is 0. The van der Waals surface area contributed by atoms with Gasteiger partial charge >= 0.3 is 0 Å². The van der Waals surface area contributed by atoms with Gasteiger partial charge in [-0.05, 0) is 74.8 Å². The van der Waals surface area contributed by atoms with Crippen molar-refractivity contribution in [2.24, 2.45) is 16.1 Å². The van der Waals surface area contributed by atoms with Crippen LogP contribution in [0, 0.1) is 31.7 Å². The molecule has 1 aliphatic rings. The highest BCUT2D eigenvalue weighted by atomic mass is 32.1. The van der Waals surface area contributed by atoms with Crippen molar-refractivity contribution in [2.75, 3.05) is 59.9 Å². The Morgan fingerprint density at radius 1 is 1.14 bits per heavy atom. The van der Waals surface area contributed by atoms with Gasteiger partial charge in [0.1, 0.15) is 5.01 Å². The molecule has 3 rings (SSSR count). The Bertz CT molecular complexity index is 1170. The Balaban J connectivity index is -0.00000108. The molecule has 284 valence electrons. The summed E-state index contributed by atoms with van der Waals surface area (Å²) in [6.07, 6.45) is 8.30. The SMILES string of the molecule is C#CN.C=C.C=NC/C(C(=C)CCC)=C(/CN1CCN(C)C(CN(C)CC(C)(C)C)C1)NCc1nccs1.CC.CC.Cc1ccccc1C. The van der Waals surface area contributed by atoms with Crippen LogP contribution >= 0.6 is 11.3 Å². The van der Waals surface area contributed by atoms with E-state index >= 15 is 0 Å². The molecule has 8 heteroatoms. The van der Waals surface area contributed by atoms with Crippen molar-refractivity contribution >= 4 is 18.1 Å². The van der Waals surface area contributed by atoms with Crippen LogP contribution in [0.1, 0.15) is 84.4 Å². The second-order valence-electron chi connectivity index (χ2n) is 12.8. The predicted molar refractivity (Wildman–Crippen MR) is 227 cm³/mol. The molecule has 2 aromatic rings. The first-order valence-corrected chi connectivity index (χ1v) is 19.0. The van der Waals surface area contributed by atoms with E-state index in [1.165, 1.54) is 28.0 Å². The highest BCUT2D eigenvalue weighted by Gasteiger charge is 2.27. The average Bonchev–Trinajstić information content (AvgIpc) is 3.61. The molecule has 2 heterocycles. The number of nitrogens with zero attached hydrogens (tertiary/aromatic N) is 5. The van der Waals surface area contributed by atoms with Gasteiger partial charge in [-0.1, -0.05) is 99.1 Å². The van der Waals surface area contributed by atoms with Gasteiger partial charge in [-0.2, -0.15) is 0 Å². The van der Waals surface area contributed by atoms with Gasteiger partial charge in [0.2, 0.25) is 0 Å². The summed E-state index contributed by atoms with van der Waals surface area (Å²) in [6, 6.07) is 10.6. The van der Waals surface area contributed by atoms with Crippen molar-refractivity contribution in [1.82, 2.24) is 25.0 Å². The molecule has 0 bridgehead atoms. The number of nitrogens with one attached hydrogen (secondary N) is 1. The number of hydrogen-bond acceptors (Lipinski definition) is 8. The third kappa shape index (κ3) is 24.0. The van der Waals surface area contributed by atoms with Crippen LogP contribution in [0.4, 0.5) is 0 Å². The number of benzene rings is 1. The Morgan fingerprint density at radius 3 is 2.14 bits per heavy atom. The molecular formula is C42H75N7S. The number of piperazine rings is 1. The van der Waals surface area contributed by atoms with Crippen molar-refractivity contribution < 1.29 is 0 Å². The zero-order valence-corrected chi connectivity index (χ0v) is 35.1. The maximum absolute atomic E-state index is 4.45. The molecule has 1 aromatic heterocycles. The Hall–Kier alpha value is -3.22. The smallest absolute Gasteiger partial charge is 0.112 e. The normalized spacial score (nSPS) is 14.4. The zero-order chi connectivity index (χ0) is 39.1. The lowest BCUT2D eigenvalue weighted by Gasteiger charge is -2.42. The molecule has 1 saturated heterocycles. The van der Waals surface area contributed by atoms with Crippen LogP contribution in [0.5, 0.6) is 0 Å². The van der Waals surface area contributed by atoms with Crippen molar-refractivity contribution in [3.8, 4) is 12.5 Å². The molecule has 1 aliphatic heterocycles. The summed E-state index contributed by atoms with van der Waals surface area (Å²) >= 11 is 1.69. The van der Waals surface area contributed by atoms with E-state index in [4.69, 9.17) is 0 Å². The van der Waals surface area contributed by atoms with Gasteiger partial charge in [0, 0.05) is 62.6 Å². The minimum Gasteiger partial charge on any atom is -0.380 e. The molecule has 1 unspecified atom stereocenters. The van der Waals surface area contributed by atoms with Crippen LogP contribution in [0.2, 0.25) is 0 Å². The molecule has 1 atom stereocenters. The molecular weight excluding hydrogens is 635 g/mol. The number of aliphatic imine (C=N–C) groups is 1. The number of terminal acetylenes is 1. The maximum Gasteiger partial charge on any atom is 0.112 e. The zero-order valence-electron chi connectivity index (χ0n) is 34.2. The Labute approximate surface area is 313 Å². The highest BCUT2D eigenvalue weighted by Crippen LogP contribution is 2.21. The molecule has 0 spiro atoms. The van der Waals surface area contributed by atoms with Crippen molar-refractivity contribution in [3.05, 3.63) is 88.6 Å². The van der Waals surface area contributed by atoms with Gasteiger partial charge in [0.25, 0.3) is 0 Å². The molecule has 50 heavy (non-hydrogen) atoms. The number of thiazole rings is 1. The summed E-state index contributed by atoms with van der Waals surface area (Å²) in [5, 5.41) is 6.83. The second kappa shape index (κ2) is 31.7. The lowest BCUT2D eigenvalue weighted by atomic mass is 9.96. The number of likely N-dealkylation sites (N-methyl/N-ethyl adjacent to an activating group) is 2. The van der Waals surface area contributed by atoms with Crippen molar-refractivity contribution in [2.45, 2.75) is 94.7 Å². The van der Waals surface area contributed by atoms with Crippen LogP contribution in [0.25, 0.3) is 0 Å². The summed E-state index contributed by atoms with van der Waals surface area (Å²) in [6.45, 7) is 43.1. The summed E-state index contributed by atoms with van der Waals surface area (Å²) in [7, 11) is 4.52. The first-order chi connectivity index (χ1) is 23.8. The predicted octanol–water partition coefficient (Wildman–Crippen LogP) is 8.83. The topological polar surface area (TPSA) is 73.0 Å². The van der Waals surface area contributed by atoms with Crippen LogP contribution in [0.15, 0.2) is 77.4 Å². The average molecular weight is 710 g/mol. The quantitative estimate of drug-likeness (QED) is 0.0712. The number of nitrogens with two attached hydrogens (primary N) is 1. The maximum atomic E-state index is 4.45. The highest BCUT2D eigenvalue weighted by molar-refractivity contribution is 7.09. The van der Waals surface area contributed by atoms with E-state index in [0.29, 0.717) is 18.0 Å². The molecule has 1 aromatic carbocycles. The standard InChI is InChI=1S/C26H46N6S.C8H10.C2H3N.2C2H6.C2H4/c1-9-10-21(2)23(15-27-6)24(29-16-25-28-11-14-33-25)19-32-13-12-31(8)22(18-32)17-30(7)20-26(3,4)5;1-7-5-3-4-6-8(7)2;1-2-3;3*1-2/h11,14,22,29H,2,6,9-10,12-13,15-20H2,1,3-5,7-8H3;3-6H,1-2H3;1H,3H2;2*1-2H3;1-2H2/b24-23+;;;;;. The van der Waals surface area contributed by atoms with E-state index in [1.807, 2.05) is 39.3 Å². The fraction of sp³-hybridized carbons (Fsp3) is 0.571. The lowest BCUT2D eigenvalue weighted by Crippen LogP contribution is -2.56. The van der Waals surface area contributed by atoms with E-state index in [1.54, 1.807) is 17.4 Å². The minimum absolute atomic E-state index is 0.309. The first kappa shape index (κ1) is 51.2. The molecule has 7 nitrogen and oxygen atoms in total. The molecule has 1 fully saturated rings. The van der Waals surface area contributed by atoms with Gasteiger partial charge in [0.05, 0.1) is 13.1 Å². The summed E-state index contributed by atoms with van der Waals surface area (Å²) in [5.41, 5.74) is 11.0. The van der Waals surface area contributed by atoms with Gasteiger partial charge < -0.3 is 16.0 Å². The van der Waals surface area contributed by atoms with E-state index in [9.17, 15) is 0 Å². The van der Waals surface area contributed by atoms with E-state index in [0.717, 1.165) is 63.7 Å². The number of hydrogen-bond donors (Lipinski definition) is 2. The monoisotopic (exact) mass is 710 g/mol.